The van der Waals surface area contributed by atoms with Crippen molar-refractivity contribution < 1.29 is 35.6 Å². The molecular formula is C15H18F2N2O6S. The molecule has 2 heterocycles. The zero-order valence-electron chi connectivity index (χ0n) is 14.0. The number of amides is 1. The molecule has 0 unspecified atom stereocenters. The number of carbonyl (C=O) groups is 1. The van der Waals surface area contributed by atoms with Crippen molar-refractivity contribution >= 4 is 27.6 Å². The van der Waals surface area contributed by atoms with Gasteiger partial charge in [-0.1, -0.05) is 0 Å². The molecule has 2 saturated heterocycles. The molecule has 0 radical (unpaired) electrons. The van der Waals surface area contributed by atoms with Crippen LogP contribution in [0.15, 0.2) is 12.1 Å². The largest absolute Gasteiger partial charge is 0.441 e. The maximum Gasteiger partial charge on any atom is 0.414 e. The Morgan fingerprint density at radius 1 is 1.23 bits per heavy atom. The Bertz CT molecular complexity index is 774. The molecule has 1 aromatic rings. The number of nitrogens with zero attached hydrogens (tertiary/aromatic N) is 2. The molecule has 1 amide bonds. The second kappa shape index (κ2) is 7.33. The lowest BCUT2D eigenvalue weighted by molar-refractivity contribution is 0.107. The van der Waals surface area contributed by atoms with Crippen LogP contribution in [0.5, 0.6) is 0 Å². The summed E-state index contributed by atoms with van der Waals surface area (Å²) in [7, 11) is -3.69. The van der Waals surface area contributed by atoms with E-state index in [-0.39, 0.29) is 24.5 Å². The number of ether oxygens (including phenoxy) is 2. The fraction of sp³-hybridized carbons (Fsp3) is 0.533. The Balaban J connectivity index is 1.76. The lowest BCUT2D eigenvalue weighted by atomic mass is 10.2. The molecule has 2 aliphatic rings. The lowest BCUT2D eigenvalue weighted by Crippen LogP contribution is -2.37. The van der Waals surface area contributed by atoms with Crippen LogP contribution in [0.1, 0.15) is 0 Å². The van der Waals surface area contributed by atoms with E-state index in [4.69, 9.17) is 9.47 Å². The van der Waals surface area contributed by atoms with Crippen LogP contribution in [0.3, 0.4) is 0 Å². The SMILES string of the molecule is CS(=O)(=O)OC[C@H]1CN(c2cc(F)c(N3CCOCC3)c(F)c2)C(=O)O1. The van der Waals surface area contributed by atoms with Crippen molar-refractivity contribution in [1.29, 1.82) is 0 Å². The molecule has 0 saturated carbocycles. The summed E-state index contributed by atoms with van der Waals surface area (Å²) in [4.78, 5) is 14.5. The van der Waals surface area contributed by atoms with Gasteiger partial charge in [-0.25, -0.2) is 13.6 Å². The van der Waals surface area contributed by atoms with Crippen LogP contribution >= 0.6 is 0 Å². The number of halogens is 2. The van der Waals surface area contributed by atoms with E-state index in [0.29, 0.717) is 26.3 Å². The number of hydrogen-bond acceptors (Lipinski definition) is 7. The van der Waals surface area contributed by atoms with Crippen molar-refractivity contribution in [1.82, 2.24) is 0 Å². The average Bonchev–Trinajstić information content (AvgIpc) is 2.94. The van der Waals surface area contributed by atoms with Gasteiger partial charge in [0.2, 0.25) is 0 Å². The Hall–Kier alpha value is -1.98. The molecule has 0 spiro atoms. The monoisotopic (exact) mass is 392 g/mol. The maximum atomic E-state index is 14.5. The van der Waals surface area contributed by atoms with Gasteiger partial charge in [0, 0.05) is 25.2 Å². The minimum absolute atomic E-state index is 0.0103. The fourth-order valence-corrected chi connectivity index (χ4v) is 3.21. The molecule has 1 aromatic carbocycles. The van der Waals surface area contributed by atoms with Crippen LogP contribution < -0.4 is 9.80 Å². The molecule has 0 aliphatic carbocycles. The standard InChI is InChI=1S/C15H18F2N2O6S/c1-26(21,22)24-9-11-8-19(15(20)25-11)10-6-12(16)14(13(17)7-10)18-2-4-23-5-3-18/h6-7,11H,2-5,8-9H2,1H3/t11-/m1/s1. The number of cyclic esters (lactones) is 1. The number of hydrogen-bond donors (Lipinski definition) is 0. The summed E-state index contributed by atoms with van der Waals surface area (Å²) in [6.07, 6.45) is -0.816. The average molecular weight is 392 g/mol. The molecule has 26 heavy (non-hydrogen) atoms. The molecule has 0 N–H and O–H groups in total. The van der Waals surface area contributed by atoms with Crippen molar-refractivity contribution in [3.63, 3.8) is 0 Å². The highest BCUT2D eigenvalue weighted by atomic mass is 32.2. The quantitative estimate of drug-likeness (QED) is 0.694. The van der Waals surface area contributed by atoms with Crippen molar-refractivity contribution in [2.45, 2.75) is 6.10 Å². The van der Waals surface area contributed by atoms with Gasteiger partial charge in [-0.2, -0.15) is 8.42 Å². The molecular weight excluding hydrogens is 374 g/mol. The van der Waals surface area contributed by atoms with Gasteiger partial charge < -0.3 is 14.4 Å². The second-order valence-corrected chi connectivity index (χ2v) is 7.61. The predicted octanol–water partition coefficient (Wildman–Crippen LogP) is 1.10. The fourth-order valence-electron chi connectivity index (χ4n) is 2.82. The van der Waals surface area contributed by atoms with Gasteiger partial charge >= 0.3 is 6.09 Å². The van der Waals surface area contributed by atoms with E-state index in [0.717, 1.165) is 23.3 Å². The van der Waals surface area contributed by atoms with E-state index in [1.165, 1.54) is 0 Å². The first-order valence-electron chi connectivity index (χ1n) is 7.89. The highest BCUT2D eigenvalue weighted by Crippen LogP contribution is 2.31. The Morgan fingerprint density at radius 3 is 2.42 bits per heavy atom. The van der Waals surface area contributed by atoms with Gasteiger partial charge in [0.1, 0.15) is 18.4 Å². The smallest absolute Gasteiger partial charge is 0.414 e. The van der Waals surface area contributed by atoms with E-state index in [1.54, 1.807) is 4.90 Å². The van der Waals surface area contributed by atoms with E-state index in [9.17, 15) is 22.0 Å². The first kappa shape index (κ1) is 18.8. The van der Waals surface area contributed by atoms with Crippen LogP contribution in [-0.4, -0.2) is 66.3 Å². The first-order chi connectivity index (χ1) is 12.2. The summed E-state index contributed by atoms with van der Waals surface area (Å²) < 4.78 is 65.7. The minimum Gasteiger partial charge on any atom is -0.441 e. The van der Waals surface area contributed by atoms with Crippen LogP contribution in [0.25, 0.3) is 0 Å². The highest BCUT2D eigenvalue weighted by Gasteiger charge is 2.34. The number of morpholine rings is 1. The zero-order chi connectivity index (χ0) is 18.9. The Labute approximate surface area is 149 Å². The number of carbonyl (C=O) groups excluding carboxylic acids is 1. The Kier molecular flexibility index (Phi) is 5.30. The lowest BCUT2D eigenvalue weighted by Gasteiger charge is -2.29. The van der Waals surface area contributed by atoms with Crippen LogP contribution in [0, 0.1) is 11.6 Å². The normalized spacial score (nSPS) is 21.2. The predicted molar refractivity (Wildman–Crippen MR) is 87.8 cm³/mol. The van der Waals surface area contributed by atoms with E-state index in [1.807, 2.05) is 0 Å². The van der Waals surface area contributed by atoms with Gasteiger partial charge in [0.05, 0.1) is 31.7 Å². The van der Waals surface area contributed by atoms with Crippen molar-refractivity contribution in [3.05, 3.63) is 23.8 Å². The van der Waals surface area contributed by atoms with Crippen molar-refractivity contribution in [2.24, 2.45) is 0 Å². The summed E-state index contributed by atoms with van der Waals surface area (Å²) in [5.41, 5.74) is -0.176. The van der Waals surface area contributed by atoms with Crippen molar-refractivity contribution in [2.75, 3.05) is 55.5 Å². The number of benzene rings is 1. The van der Waals surface area contributed by atoms with E-state index in [2.05, 4.69) is 4.18 Å². The summed E-state index contributed by atoms with van der Waals surface area (Å²) in [5, 5.41) is 0. The highest BCUT2D eigenvalue weighted by molar-refractivity contribution is 7.85. The number of anilines is 2. The third-order valence-corrected chi connectivity index (χ3v) is 4.55. The summed E-state index contributed by atoms with van der Waals surface area (Å²) in [5.74, 6) is -1.60. The third kappa shape index (κ3) is 4.22. The second-order valence-electron chi connectivity index (χ2n) is 5.96. The molecule has 144 valence electrons. The molecule has 0 bridgehead atoms. The molecule has 0 aromatic heterocycles. The van der Waals surface area contributed by atoms with Crippen LogP contribution in [0.4, 0.5) is 25.0 Å². The third-order valence-electron chi connectivity index (χ3n) is 3.98. The Morgan fingerprint density at radius 2 is 1.85 bits per heavy atom. The van der Waals surface area contributed by atoms with E-state index >= 15 is 0 Å². The summed E-state index contributed by atoms with van der Waals surface area (Å²) >= 11 is 0. The van der Waals surface area contributed by atoms with Gasteiger partial charge in [-0.3, -0.25) is 9.08 Å². The van der Waals surface area contributed by atoms with Crippen LogP contribution in [0.2, 0.25) is 0 Å². The molecule has 11 heteroatoms. The molecule has 2 aliphatic heterocycles. The van der Waals surface area contributed by atoms with Gasteiger partial charge in [-0.15, -0.1) is 0 Å². The topological polar surface area (TPSA) is 85.4 Å². The zero-order valence-corrected chi connectivity index (χ0v) is 14.8. The van der Waals surface area contributed by atoms with Gasteiger partial charge in [-0.05, 0) is 0 Å². The van der Waals surface area contributed by atoms with Crippen LogP contribution in [-0.2, 0) is 23.8 Å². The van der Waals surface area contributed by atoms with E-state index < -0.39 is 33.9 Å². The molecule has 8 nitrogen and oxygen atoms in total. The minimum atomic E-state index is -3.69. The van der Waals surface area contributed by atoms with Crippen molar-refractivity contribution in [3.8, 4) is 0 Å². The number of rotatable bonds is 5. The first-order valence-corrected chi connectivity index (χ1v) is 9.70. The molecule has 3 rings (SSSR count). The summed E-state index contributed by atoms with van der Waals surface area (Å²) in [6.45, 7) is 1.04. The summed E-state index contributed by atoms with van der Waals surface area (Å²) in [6, 6.07) is 2.10. The molecule has 2 fully saturated rings. The van der Waals surface area contributed by atoms with Gasteiger partial charge in [0.15, 0.2) is 11.6 Å². The molecule has 1 atom stereocenters. The maximum absolute atomic E-state index is 14.5. The van der Waals surface area contributed by atoms with Gasteiger partial charge in [0.25, 0.3) is 10.1 Å².